The highest BCUT2D eigenvalue weighted by atomic mass is 32.2. The Labute approximate surface area is 143 Å². The van der Waals surface area contributed by atoms with Crippen molar-refractivity contribution in [2.24, 2.45) is 0 Å². The first-order chi connectivity index (χ1) is 11.8. The molecule has 25 heavy (non-hydrogen) atoms. The quantitative estimate of drug-likeness (QED) is 0.432. The number of halogens is 3. The van der Waals surface area contributed by atoms with Gasteiger partial charge in [-0.2, -0.15) is 13.2 Å². The Kier molecular flexibility index (Phi) is 4.46. The van der Waals surface area contributed by atoms with Gasteiger partial charge in [0.1, 0.15) is 5.58 Å². The van der Waals surface area contributed by atoms with E-state index in [0.29, 0.717) is 21.2 Å². The zero-order chi connectivity index (χ0) is 18.2. The van der Waals surface area contributed by atoms with Gasteiger partial charge in [-0.25, -0.2) is 9.47 Å². The normalized spacial score (nSPS) is 12.0. The third-order valence-electron chi connectivity index (χ3n) is 3.58. The minimum absolute atomic E-state index is 0.0982. The van der Waals surface area contributed by atoms with Gasteiger partial charge in [-0.1, -0.05) is 30.8 Å². The third kappa shape index (κ3) is 3.48. The number of nitrogen functional groups attached to an aromatic ring is 1. The molecule has 10 heteroatoms. The van der Waals surface area contributed by atoms with Gasteiger partial charge < -0.3 is 10.3 Å². The summed E-state index contributed by atoms with van der Waals surface area (Å²) in [5.74, 6) is 4.32. The number of alkyl halides is 3. The number of aryl methyl sites for hydroxylation is 1. The molecule has 0 amide bonds. The molecule has 0 unspecified atom stereocenters. The molecule has 1 aromatic carbocycles. The van der Waals surface area contributed by atoms with Gasteiger partial charge >= 0.3 is 11.8 Å². The predicted octanol–water partition coefficient (Wildman–Crippen LogP) is 2.97. The van der Waals surface area contributed by atoms with Crippen LogP contribution in [0.4, 0.5) is 13.2 Å². The molecule has 0 radical (unpaired) electrons. The number of nitrogens with two attached hydrogens (primary N) is 1. The van der Waals surface area contributed by atoms with Gasteiger partial charge in [0.15, 0.2) is 0 Å². The molecule has 0 spiro atoms. The van der Waals surface area contributed by atoms with Crippen molar-refractivity contribution in [3.63, 3.8) is 0 Å². The van der Waals surface area contributed by atoms with Crippen molar-refractivity contribution >= 4 is 22.7 Å². The van der Waals surface area contributed by atoms with Gasteiger partial charge in [-0.15, -0.1) is 10.2 Å². The van der Waals surface area contributed by atoms with Crippen LogP contribution in [-0.2, 0) is 18.3 Å². The molecule has 0 saturated heterocycles. The second-order valence-electron chi connectivity index (χ2n) is 5.24. The average molecular weight is 370 g/mol. The van der Waals surface area contributed by atoms with Gasteiger partial charge in [0.05, 0.1) is 0 Å². The topological polar surface area (TPSA) is 86.9 Å². The number of hydrogen-bond acceptors (Lipinski definition) is 6. The largest absolute Gasteiger partial charge is 0.453 e. The minimum atomic E-state index is -4.68. The van der Waals surface area contributed by atoms with Crippen LogP contribution >= 0.6 is 11.8 Å². The lowest BCUT2D eigenvalue weighted by Crippen LogP contribution is -2.21. The fourth-order valence-electron chi connectivity index (χ4n) is 2.32. The molecule has 3 rings (SSSR count). The standard InChI is InChI=1S/C15H13F3N4O2S/c1-2-8-3-4-10-9(6-12(23)24-11(10)5-8)7-25-14-21-20-13(22(14)19)15(16,17)18/h3-6H,2,7,19H2,1H3. The van der Waals surface area contributed by atoms with E-state index in [1.807, 2.05) is 19.1 Å². The lowest BCUT2D eigenvalue weighted by molar-refractivity contribution is -0.146. The first-order valence-corrected chi connectivity index (χ1v) is 8.24. The van der Waals surface area contributed by atoms with Crippen molar-refractivity contribution in [3.8, 4) is 0 Å². The fraction of sp³-hybridized carbons (Fsp3) is 0.267. The maximum absolute atomic E-state index is 12.7. The number of benzene rings is 1. The van der Waals surface area contributed by atoms with E-state index in [1.165, 1.54) is 6.07 Å². The molecule has 0 atom stereocenters. The molecular formula is C15H13F3N4O2S. The fourth-order valence-corrected chi connectivity index (χ4v) is 3.17. The van der Waals surface area contributed by atoms with Crippen molar-refractivity contribution in [1.29, 1.82) is 0 Å². The second kappa shape index (κ2) is 6.43. The van der Waals surface area contributed by atoms with Crippen LogP contribution in [-0.4, -0.2) is 14.9 Å². The van der Waals surface area contributed by atoms with Crippen LogP contribution in [0.5, 0.6) is 0 Å². The van der Waals surface area contributed by atoms with Crippen molar-refractivity contribution in [2.75, 3.05) is 5.84 Å². The smallest absolute Gasteiger partial charge is 0.423 e. The Bertz CT molecular complexity index is 981. The first kappa shape index (κ1) is 17.3. The minimum Gasteiger partial charge on any atom is -0.423 e. The number of thioether (sulfide) groups is 1. The zero-order valence-electron chi connectivity index (χ0n) is 13.0. The van der Waals surface area contributed by atoms with Crippen LogP contribution in [0.2, 0.25) is 0 Å². The average Bonchev–Trinajstić information content (AvgIpc) is 2.92. The molecular weight excluding hydrogens is 357 g/mol. The highest BCUT2D eigenvalue weighted by Gasteiger charge is 2.38. The van der Waals surface area contributed by atoms with Gasteiger partial charge in [0, 0.05) is 17.2 Å². The highest BCUT2D eigenvalue weighted by molar-refractivity contribution is 7.98. The number of aromatic nitrogens is 3. The maximum atomic E-state index is 12.7. The SMILES string of the molecule is CCc1ccc2c(CSc3nnc(C(F)(F)F)n3N)cc(=O)oc2c1. The van der Waals surface area contributed by atoms with E-state index in [0.717, 1.165) is 23.7 Å². The summed E-state index contributed by atoms with van der Waals surface area (Å²) < 4.78 is 43.7. The van der Waals surface area contributed by atoms with E-state index < -0.39 is 17.6 Å². The predicted molar refractivity (Wildman–Crippen MR) is 86.6 cm³/mol. The Balaban J connectivity index is 1.91. The van der Waals surface area contributed by atoms with E-state index in [2.05, 4.69) is 10.2 Å². The Morgan fingerprint density at radius 3 is 2.68 bits per heavy atom. The van der Waals surface area contributed by atoms with Crippen LogP contribution in [0.25, 0.3) is 11.0 Å². The molecule has 0 bridgehead atoms. The van der Waals surface area contributed by atoms with Gasteiger partial charge in [0.25, 0.3) is 5.82 Å². The van der Waals surface area contributed by atoms with Crippen molar-refractivity contribution in [1.82, 2.24) is 14.9 Å². The molecule has 6 nitrogen and oxygen atoms in total. The molecule has 0 saturated carbocycles. The lowest BCUT2D eigenvalue weighted by atomic mass is 10.1. The Morgan fingerprint density at radius 2 is 2.04 bits per heavy atom. The molecule has 0 aliphatic rings. The molecule has 0 aliphatic carbocycles. The van der Waals surface area contributed by atoms with Crippen LogP contribution in [0.3, 0.4) is 0 Å². The number of hydrogen-bond donors (Lipinski definition) is 1. The maximum Gasteiger partial charge on any atom is 0.453 e. The van der Waals surface area contributed by atoms with Crippen molar-refractivity contribution < 1.29 is 17.6 Å². The van der Waals surface area contributed by atoms with Gasteiger partial charge in [0.2, 0.25) is 5.16 Å². The van der Waals surface area contributed by atoms with E-state index in [-0.39, 0.29) is 10.9 Å². The Hall–Kier alpha value is -2.49. The van der Waals surface area contributed by atoms with Crippen molar-refractivity contribution in [2.45, 2.75) is 30.4 Å². The molecule has 0 aliphatic heterocycles. The molecule has 2 aromatic heterocycles. The zero-order valence-corrected chi connectivity index (χ0v) is 13.8. The summed E-state index contributed by atoms with van der Waals surface area (Å²) in [6, 6.07) is 6.81. The van der Waals surface area contributed by atoms with Crippen LogP contribution in [0, 0.1) is 0 Å². The number of rotatable bonds is 4. The monoisotopic (exact) mass is 370 g/mol. The van der Waals surface area contributed by atoms with E-state index in [1.54, 1.807) is 6.07 Å². The lowest BCUT2D eigenvalue weighted by Gasteiger charge is -2.07. The van der Waals surface area contributed by atoms with E-state index in [9.17, 15) is 18.0 Å². The van der Waals surface area contributed by atoms with E-state index >= 15 is 0 Å². The number of fused-ring (bicyclic) bond motifs is 1. The summed E-state index contributed by atoms with van der Waals surface area (Å²) >= 11 is 0.954. The summed E-state index contributed by atoms with van der Waals surface area (Å²) in [5.41, 5.74) is 1.54. The summed E-state index contributed by atoms with van der Waals surface area (Å²) in [5, 5.41) is 7.13. The number of nitrogens with zero attached hydrogens (tertiary/aromatic N) is 3. The third-order valence-corrected chi connectivity index (χ3v) is 4.57. The molecule has 132 valence electrons. The van der Waals surface area contributed by atoms with Crippen LogP contribution in [0.15, 0.2) is 38.6 Å². The molecule has 2 N–H and O–H groups in total. The first-order valence-electron chi connectivity index (χ1n) is 7.25. The van der Waals surface area contributed by atoms with Gasteiger partial charge in [-0.05, 0) is 23.6 Å². The van der Waals surface area contributed by atoms with Crippen LogP contribution in [0.1, 0.15) is 23.9 Å². The molecule has 2 heterocycles. The summed E-state index contributed by atoms with van der Waals surface area (Å²) in [7, 11) is 0. The summed E-state index contributed by atoms with van der Waals surface area (Å²) in [6.07, 6.45) is -3.90. The molecule has 0 fully saturated rings. The highest BCUT2D eigenvalue weighted by Crippen LogP contribution is 2.30. The van der Waals surface area contributed by atoms with E-state index in [4.69, 9.17) is 10.3 Å². The summed E-state index contributed by atoms with van der Waals surface area (Å²) in [6.45, 7) is 1.98. The molecule has 3 aromatic rings. The van der Waals surface area contributed by atoms with Crippen LogP contribution < -0.4 is 11.5 Å². The Morgan fingerprint density at radius 1 is 1.28 bits per heavy atom. The van der Waals surface area contributed by atoms with Crippen molar-refractivity contribution in [3.05, 3.63) is 51.6 Å². The van der Waals surface area contributed by atoms with Gasteiger partial charge in [-0.3, -0.25) is 0 Å². The second-order valence-corrected chi connectivity index (χ2v) is 6.18. The summed E-state index contributed by atoms with van der Waals surface area (Å²) in [4.78, 5) is 11.7.